The lowest BCUT2D eigenvalue weighted by atomic mass is 10.2. The summed E-state index contributed by atoms with van der Waals surface area (Å²) < 4.78 is 7.16. The van der Waals surface area contributed by atoms with Crippen LogP contribution in [0.5, 0.6) is 0 Å². The Labute approximate surface area is 118 Å². The summed E-state index contributed by atoms with van der Waals surface area (Å²) in [4.78, 5) is 4.39. The van der Waals surface area contributed by atoms with Gasteiger partial charge in [0.15, 0.2) is 5.82 Å². The first-order valence-electron chi connectivity index (χ1n) is 6.35. The van der Waals surface area contributed by atoms with Gasteiger partial charge in [0.25, 0.3) is 0 Å². The molecule has 2 aromatic rings. The number of halogens is 1. The number of nitrogens with zero attached hydrogens (tertiary/aromatic N) is 2. The molecule has 0 amide bonds. The average molecular weight is 281 g/mol. The fourth-order valence-electron chi connectivity index (χ4n) is 1.92. The molecule has 2 rings (SSSR count). The Bertz CT molecular complexity index is 513. The summed E-state index contributed by atoms with van der Waals surface area (Å²) in [7, 11) is 1.71. The van der Waals surface area contributed by atoms with E-state index in [2.05, 4.69) is 14.9 Å². The van der Waals surface area contributed by atoms with E-state index in [-0.39, 0.29) is 0 Å². The Morgan fingerprint density at radius 2 is 2.21 bits per heavy atom. The summed E-state index contributed by atoms with van der Waals surface area (Å²) in [6, 6.07) is 7.90. The number of hydrogen-bond acceptors (Lipinski definition) is 2. The smallest absolute Gasteiger partial charge is 0.164 e. The van der Waals surface area contributed by atoms with Crippen LogP contribution in [0.2, 0.25) is 5.02 Å². The van der Waals surface area contributed by atoms with Crippen molar-refractivity contribution >= 4 is 11.6 Å². The van der Waals surface area contributed by atoms with Crippen LogP contribution in [0.15, 0.2) is 36.7 Å². The molecule has 0 aliphatic rings. The highest BCUT2D eigenvalue weighted by molar-refractivity contribution is 6.31. The molecule has 0 radical (unpaired) electrons. The molecule has 0 atom stereocenters. The zero-order valence-corrected chi connectivity index (χ0v) is 11.8. The van der Waals surface area contributed by atoms with Crippen LogP contribution in [-0.4, -0.2) is 29.8 Å². The standard InChI is InChI=1S/C14H18ClN3O/c1-19-9-7-16-10-14-17-6-8-18(14)11-12-4-2-3-5-13(12)15/h2-6,8,16H,7,9-11H2,1H3/p+1. The van der Waals surface area contributed by atoms with Crippen LogP contribution in [0, 0.1) is 0 Å². The average Bonchev–Trinajstić information content (AvgIpc) is 2.85. The second-order valence-electron chi connectivity index (χ2n) is 4.34. The van der Waals surface area contributed by atoms with Crippen molar-refractivity contribution in [2.75, 3.05) is 20.3 Å². The lowest BCUT2D eigenvalue weighted by Crippen LogP contribution is -2.83. The SMILES string of the molecule is COCC[NH2+]Cc1nccn1Cc1ccccc1Cl. The second kappa shape index (κ2) is 7.28. The first kappa shape index (κ1) is 14.1. The van der Waals surface area contributed by atoms with Gasteiger partial charge < -0.3 is 14.6 Å². The van der Waals surface area contributed by atoms with E-state index in [4.69, 9.17) is 16.3 Å². The van der Waals surface area contributed by atoms with E-state index in [9.17, 15) is 0 Å². The van der Waals surface area contributed by atoms with Gasteiger partial charge in [-0.3, -0.25) is 0 Å². The molecule has 0 aliphatic heterocycles. The maximum Gasteiger partial charge on any atom is 0.164 e. The highest BCUT2D eigenvalue weighted by Gasteiger charge is 2.07. The largest absolute Gasteiger partial charge is 0.379 e. The van der Waals surface area contributed by atoms with Gasteiger partial charge in [0.2, 0.25) is 0 Å². The summed E-state index contributed by atoms with van der Waals surface area (Å²) in [5.41, 5.74) is 1.11. The van der Waals surface area contributed by atoms with Gasteiger partial charge in [0, 0.05) is 24.5 Å². The van der Waals surface area contributed by atoms with Crippen molar-refractivity contribution in [3.8, 4) is 0 Å². The van der Waals surface area contributed by atoms with Gasteiger partial charge in [-0.15, -0.1) is 0 Å². The van der Waals surface area contributed by atoms with Crippen LogP contribution in [0.1, 0.15) is 11.4 Å². The molecular formula is C14H19ClN3O+. The van der Waals surface area contributed by atoms with Gasteiger partial charge in [-0.25, -0.2) is 4.98 Å². The van der Waals surface area contributed by atoms with Gasteiger partial charge in [-0.2, -0.15) is 0 Å². The number of benzene rings is 1. The molecule has 0 bridgehead atoms. The molecular weight excluding hydrogens is 262 g/mol. The number of rotatable bonds is 7. The van der Waals surface area contributed by atoms with Crippen LogP contribution in [0.3, 0.4) is 0 Å². The number of ether oxygens (including phenoxy) is 1. The summed E-state index contributed by atoms with van der Waals surface area (Å²) in [6.45, 7) is 3.30. The van der Waals surface area contributed by atoms with E-state index in [1.165, 1.54) is 0 Å². The number of nitrogens with two attached hydrogens (primary N) is 1. The number of imidazole rings is 1. The number of hydrogen-bond donors (Lipinski definition) is 1. The highest BCUT2D eigenvalue weighted by atomic mass is 35.5. The summed E-state index contributed by atoms with van der Waals surface area (Å²) in [6.07, 6.45) is 3.82. The predicted molar refractivity (Wildman–Crippen MR) is 75.2 cm³/mol. The minimum Gasteiger partial charge on any atom is -0.379 e. The van der Waals surface area contributed by atoms with Crippen molar-refractivity contribution in [3.63, 3.8) is 0 Å². The Kier molecular flexibility index (Phi) is 5.39. The molecule has 0 aliphatic carbocycles. The van der Waals surface area contributed by atoms with Crippen LogP contribution >= 0.6 is 11.6 Å². The number of aromatic nitrogens is 2. The van der Waals surface area contributed by atoms with Crippen molar-refractivity contribution in [1.82, 2.24) is 9.55 Å². The van der Waals surface area contributed by atoms with Crippen LogP contribution in [0.25, 0.3) is 0 Å². The van der Waals surface area contributed by atoms with Gasteiger partial charge >= 0.3 is 0 Å². The molecule has 1 heterocycles. The lowest BCUT2D eigenvalue weighted by Gasteiger charge is -2.08. The monoisotopic (exact) mass is 280 g/mol. The van der Waals surface area contributed by atoms with Crippen LogP contribution < -0.4 is 5.32 Å². The minimum absolute atomic E-state index is 0.755. The Hall–Kier alpha value is -1.36. The van der Waals surface area contributed by atoms with Crippen molar-refractivity contribution in [3.05, 3.63) is 53.1 Å². The van der Waals surface area contributed by atoms with Gasteiger partial charge in [-0.05, 0) is 11.6 Å². The van der Waals surface area contributed by atoms with Crippen molar-refractivity contribution < 1.29 is 10.1 Å². The molecule has 1 aromatic heterocycles. The van der Waals surface area contributed by atoms with Gasteiger partial charge in [0.05, 0.1) is 19.7 Å². The molecule has 4 nitrogen and oxygen atoms in total. The summed E-state index contributed by atoms with van der Waals surface area (Å²) in [5.74, 6) is 1.05. The zero-order valence-electron chi connectivity index (χ0n) is 11.1. The molecule has 0 unspecified atom stereocenters. The molecule has 5 heteroatoms. The van der Waals surface area contributed by atoms with E-state index in [1.807, 2.05) is 36.7 Å². The Morgan fingerprint density at radius 3 is 3.00 bits per heavy atom. The highest BCUT2D eigenvalue weighted by Crippen LogP contribution is 2.16. The van der Waals surface area contributed by atoms with E-state index >= 15 is 0 Å². The fourth-order valence-corrected chi connectivity index (χ4v) is 2.11. The van der Waals surface area contributed by atoms with E-state index in [0.717, 1.165) is 42.7 Å². The van der Waals surface area contributed by atoms with Crippen molar-refractivity contribution in [1.29, 1.82) is 0 Å². The third kappa shape index (κ3) is 4.06. The maximum atomic E-state index is 6.18. The molecule has 0 spiro atoms. The molecule has 19 heavy (non-hydrogen) atoms. The topological polar surface area (TPSA) is 43.7 Å². The lowest BCUT2D eigenvalue weighted by molar-refractivity contribution is -0.673. The fraction of sp³-hybridized carbons (Fsp3) is 0.357. The Morgan fingerprint density at radius 1 is 1.37 bits per heavy atom. The van der Waals surface area contributed by atoms with Gasteiger partial charge in [-0.1, -0.05) is 29.8 Å². The zero-order chi connectivity index (χ0) is 13.5. The van der Waals surface area contributed by atoms with Crippen LogP contribution in [0.4, 0.5) is 0 Å². The molecule has 0 fully saturated rings. The van der Waals surface area contributed by atoms with E-state index in [1.54, 1.807) is 7.11 Å². The molecule has 102 valence electrons. The summed E-state index contributed by atoms with van der Waals surface area (Å²) in [5, 5.41) is 2.99. The minimum atomic E-state index is 0.755. The second-order valence-corrected chi connectivity index (χ2v) is 4.74. The third-order valence-electron chi connectivity index (χ3n) is 2.95. The van der Waals surface area contributed by atoms with Gasteiger partial charge in [0.1, 0.15) is 6.54 Å². The third-order valence-corrected chi connectivity index (χ3v) is 3.32. The predicted octanol–water partition coefficient (Wildman–Crippen LogP) is 1.29. The summed E-state index contributed by atoms with van der Waals surface area (Å²) >= 11 is 6.18. The van der Waals surface area contributed by atoms with Crippen molar-refractivity contribution in [2.24, 2.45) is 0 Å². The van der Waals surface area contributed by atoms with E-state index in [0.29, 0.717) is 0 Å². The normalized spacial score (nSPS) is 10.8. The first-order valence-corrected chi connectivity index (χ1v) is 6.73. The maximum absolute atomic E-state index is 6.18. The number of quaternary nitrogens is 1. The first-order chi connectivity index (χ1) is 9.31. The molecule has 1 aromatic carbocycles. The quantitative estimate of drug-likeness (QED) is 0.777. The Balaban J connectivity index is 1.98. The number of methoxy groups -OCH3 is 1. The van der Waals surface area contributed by atoms with E-state index < -0.39 is 0 Å². The molecule has 2 N–H and O–H groups in total. The van der Waals surface area contributed by atoms with Crippen molar-refractivity contribution in [2.45, 2.75) is 13.1 Å². The molecule has 0 saturated heterocycles. The molecule has 0 saturated carbocycles. The van der Waals surface area contributed by atoms with Crippen LogP contribution in [-0.2, 0) is 17.8 Å².